The number of rotatable bonds is 3. The molecule has 0 bridgehead atoms. The Bertz CT molecular complexity index is 685. The maximum Gasteiger partial charge on any atom is 0.119 e. The first-order chi connectivity index (χ1) is 10.7. The molecule has 0 atom stereocenters. The van der Waals surface area contributed by atoms with Crippen molar-refractivity contribution in [2.24, 2.45) is 0 Å². The maximum atomic E-state index is 10.3. The molecule has 0 aliphatic heterocycles. The third-order valence-electron chi connectivity index (χ3n) is 3.99. The van der Waals surface area contributed by atoms with Gasteiger partial charge in [0, 0.05) is 17.0 Å². The highest BCUT2D eigenvalue weighted by molar-refractivity contribution is 5.53. The van der Waals surface area contributed by atoms with Crippen LogP contribution in [-0.4, -0.2) is 10.2 Å². The highest BCUT2D eigenvalue weighted by atomic mass is 16.3. The topological polar surface area (TPSA) is 40.5 Å². The first kappa shape index (κ1) is 14.2. The summed E-state index contributed by atoms with van der Waals surface area (Å²) in [7, 11) is 0. The molecule has 3 rings (SSSR count). The van der Waals surface area contributed by atoms with Crippen molar-refractivity contribution in [3.05, 3.63) is 95.1 Å². The van der Waals surface area contributed by atoms with Gasteiger partial charge in [-0.2, -0.15) is 0 Å². The van der Waals surface area contributed by atoms with Crippen LogP contribution in [0.1, 0.15) is 28.2 Å². The number of aromatic hydroxyl groups is 2. The summed E-state index contributed by atoms with van der Waals surface area (Å²) in [6.07, 6.45) is 0. The summed E-state index contributed by atoms with van der Waals surface area (Å²) in [6.45, 7) is 2.04. The van der Waals surface area contributed by atoms with Crippen LogP contribution in [0.3, 0.4) is 0 Å². The summed E-state index contributed by atoms with van der Waals surface area (Å²) >= 11 is 0. The van der Waals surface area contributed by atoms with Crippen molar-refractivity contribution in [1.82, 2.24) is 0 Å². The molecule has 0 aromatic heterocycles. The minimum Gasteiger partial charge on any atom is -0.508 e. The summed E-state index contributed by atoms with van der Waals surface area (Å²) in [6, 6.07) is 22.6. The fraction of sp³-hybridized carbons (Fsp3) is 0.100. The molecule has 0 saturated heterocycles. The molecule has 3 aromatic carbocycles. The van der Waals surface area contributed by atoms with Crippen LogP contribution in [0.5, 0.6) is 11.5 Å². The van der Waals surface area contributed by atoms with Crippen molar-refractivity contribution in [3.63, 3.8) is 0 Å². The molecule has 0 radical (unpaired) electrons. The van der Waals surface area contributed by atoms with Crippen LogP contribution in [0.4, 0.5) is 0 Å². The molecule has 0 fully saturated rings. The van der Waals surface area contributed by atoms with E-state index in [1.807, 2.05) is 55.5 Å². The zero-order chi connectivity index (χ0) is 15.5. The van der Waals surface area contributed by atoms with Gasteiger partial charge in [-0.05, 0) is 30.2 Å². The lowest BCUT2D eigenvalue weighted by Crippen LogP contribution is -2.06. The second-order valence-electron chi connectivity index (χ2n) is 5.41. The lowest BCUT2D eigenvalue weighted by Gasteiger charge is -2.22. The van der Waals surface area contributed by atoms with Gasteiger partial charge in [0.15, 0.2) is 0 Å². The van der Waals surface area contributed by atoms with E-state index in [9.17, 15) is 10.2 Å². The molecule has 0 unspecified atom stereocenters. The standard InChI is InChI=1S/C20H18O2/c1-14-8-2-3-9-15(14)20(16-10-4-6-12-18(16)21)17-11-5-7-13-19(17)22/h2-13,20-22H,1H3. The molecule has 2 N–H and O–H groups in total. The maximum absolute atomic E-state index is 10.3. The minimum atomic E-state index is -0.205. The Morgan fingerprint density at radius 3 is 1.45 bits per heavy atom. The van der Waals surface area contributed by atoms with Crippen molar-refractivity contribution < 1.29 is 10.2 Å². The molecule has 0 amide bonds. The predicted octanol–water partition coefficient (Wildman–Crippen LogP) is 4.59. The number of benzene rings is 3. The highest BCUT2D eigenvalue weighted by Gasteiger charge is 2.23. The van der Waals surface area contributed by atoms with Gasteiger partial charge in [-0.25, -0.2) is 0 Å². The first-order valence-electron chi connectivity index (χ1n) is 7.30. The summed E-state index contributed by atoms with van der Waals surface area (Å²) in [5.41, 5.74) is 3.78. The van der Waals surface area contributed by atoms with Gasteiger partial charge in [0.05, 0.1) is 0 Å². The monoisotopic (exact) mass is 290 g/mol. The van der Waals surface area contributed by atoms with Crippen LogP contribution in [0.25, 0.3) is 0 Å². The normalized spacial score (nSPS) is 10.8. The average Bonchev–Trinajstić information content (AvgIpc) is 2.53. The van der Waals surface area contributed by atoms with Crippen LogP contribution >= 0.6 is 0 Å². The SMILES string of the molecule is Cc1ccccc1C(c1ccccc1O)c1ccccc1O. The van der Waals surface area contributed by atoms with Gasteiger partial charge in [0.25, 0.3) is 0 Å². The zero-order valence-electron chi connectivity index (χ0n) is 12.4. The number of para-hydroxylation sites is 2. The second kappa shape index (κ2) is 5.94. The van der Waals surface area contributed by atoms with Crippen LogP contribution < -0.4 is 0 Å². The van der Waals surface area contributed by atoms with E-state index in [1.54, 1.807) is 24.3 Å². The summed E-state index contributed by atoms with van der Waals surface area (Å²) < 4.78 is 0. The van der Waals surface area contributed by atoms with Gasteiger partial charge in [-0.3, -0.25) is 0 Å². The van der Waals surface area contributed by atoms with Gasteiger partial charge in [0.2, 0.25) is 0 Å². The van der Waals surface area contributed by atoms with Gasteiger partial charge >= 0.3 is 0 Å². The lowest BCUT2D eigenvalue weighted by molar-refractivity contribution is 0.458. The van der Waals surface area contributed by atoms with E-state index in [1.165, 1.54) is 0 Å². The first-order valence-corrected chi connectivity index (χ1v) is 7.30. The van der Waals surface area contributed by atoms with E-state index < -0.39 is 0 Å². The predicted molar refractivity (Wildman–Crippen MR) is 88.3 cm³/mol. The van der Waals surface area contributed by atoms with E-state index >= 15 is 0 Å². The van der Waals surface area contributed by atoms with E-state index in [-0.39, 0.29) is 17.4 Å². The van der Waals surface area contributed by atoms with Crippen LogP contribution in [0, 0.1) is 6.92 Å². The molecule has 0 spiro atoms. The van der Waals surface area contributed by atoms with Crippen molar-refractivity contribution in [2.45, 2.75) is 12.8 Å². The summed E-state index contributed by atoms with van der Waals surface area (Å²) in [4.78, 5) is 0. The zero-order valence-corrected chi connectivity index (χ0v) is 12.4. The molecule has 2 nitrogen and oxygen atoms in total. The number of phenols is 2. The van der Waals surface area contributed by atoms with E-state index in [2.05, 4.69) is 0 Å². The van der Waals surface area contributed by atoms with Gasteiger partial charge in [-0.15, -0.1) is 0 Å². The second-order valence-corrected chi connectivity index (χ2v) is 5.41. The molecule has 0 aliphatic rings. The quantitative estimate of drug-likeness (QED) is 0.693. The molecular formula is C20H18O2. The lowest BCUT2D eigenvalue weighted by atomic mass is 9.82. The smallest absolute Gasteiger partial charge is 0.119 e. The average molecular weight is 290 g/mol. The Morgan fingerprint density at radius 2 is 1.00 bits per heavy atom. The Balaban J connectivity index is 2.27. The molecule has 0 aliphatic carbocycles. The number of hydrogen-bond donors (Lipinski definition) is 2. The Labute approximate surface area is 130 Å². The van der Waals surface area contributed by atoms with Gasteiger partial charge < -0.3 is 10.2 Å². The van der Waals surface area contributed by atoms with Crippen molar-refractivity contribution in [3.8, 4) is 11.5 Å². The molecule has 0 saturated carbocycles. The molecule has 0 heterocycles. The van der Waals surface area contributed by atoms with E-state index in [0.29, 0.717) is 0 Å². The van der Waals surface area contributed by atoms with Crippen LogP contribution in [0.2, 0.25) is 0 Å². The van der Waals surface area contributed by atoms with Crippen LogP contribution in [0.15, 0.2) is 72.8 Å². The summed E-state index contributed by atoms with van der Waals surface area (Å²) in [5.74, 6) is 0.265. The van der Waals surface area contributed by atoms with Crippen LogP contribution in [-0.2, 0) is 0 Å². The highest BCUT2D eigenvalue weighted by Crippen LogP contribution is 2.40. The fourth-order valence-electron chi connectivity index (χ4n) is 2.88. The Hall–Kier alpha value is -2.74. The van der Waals surface area contributed by atoms with Crippen molar-refractivity contribution >= 4 is 0 Å². The van der Waals surface area contributed by atoms with Crippen molar-refractivity contribution in [2.75, 3.05) is 0 Å². The van der Waals surface area contributed by atoms with Gasteiger partial charge in [0.1, 0.15) is 11.5 Å². The number of aryl methyl sites for hydroxylation is 1. The fourth-order valence-corrected chi connectivity index (χ4v) is 2.88. The molecular weight excluding hydrogens is 272 g/mol. The largest absolute Gasteiger partial charge is 0.508 e. The molecule has 22 heavy (non-hydrogen) atoms. The summed E-state index contributed by atoms with van der Waals surface area (Å²) in [5, 5.41) is 20.6. The number of phenolic OH excluding ortho intramolecular Hbond substituents is 2. The van der Waals surface area contributed by atoms with E-state index in [0.717, 1.165) is 22.3 Å². The number of hydrogen-bond acceptors (Lipinski definition) is 2. The third-order valence-corrected chi connectivity index (χ3v) is 3.99. The van der Waals surface area contributed by atoms with Crippen molar-refractivity contribution in [1.29, 1.82) is 0 Å². The third kappa shape index (κ3) is 2.56. The molecule has 3 aromatic rings. The Kier molecular flexibility index (Phi) is 3.84. The molecule has 2 heteroatoms. The van der Waals surface area contributed by atoms with E-state index in [4.69, 9.17) is 0 Å². The van der Waals surface area contributed by atoms with Gasteiger partial charge in [-0.1, -0.05) is 60.7 Å². The minimum absolute atomic E-state index is 0.205. The molecule has 110 valence electrons. The Morgan fingerprint density at radius 1 is 0.591 bits per heavy atom.